The normalized spacial score (nSPS) is 12.0. The number of hydrogen-bond acceptors (Lipinski definition) is 6. The number of esters is 3. The van der Waals surface area contributed by atoms with Crippen LogP contribution in [0.15, 0.2) is 12.2 Å². The lowest BCUT2D eigenvalue weighted by molar-refractivity contribution is -0.167. The molecule has 0 fully saturated rings. The minimum absolute atomic E-state index is 0.0667. The standard InChI is InChI=1S/C58H110O6/c1-4-7-10-13-16-19-22-24-26-28-30-32-34-36-39-42-45-48-51-57(60)63-54-55(53-62-56(59)50-47-44-41-38-21-18-15-12-9-6-3)64-58(61)52-49-46-43-40-37-35-33-31-29-27-25-23-20-17-14-11-8-5-2/h12,15,55H,4-11,13-14,16-54H2,1-3H3/b15-12-. The van der Waals surface area contributed by atoms with Gasteiger partial charge in [0, 0.05) is 19.3 Å². The van der Waals surface area contributed by atoms with Crippen LogP contribution in [0.2, 0.25) is 0 Å². The van der Waals surface area contributed by atoms with E-state index in [1.54, 1.807) is 0 Å². The zero-order chi connectivity index (χ0) is 46.5. The molecule has 0 aromatic heterocycles. The minimum Gasteiger partial charge on any atom is -0.462 e. The van der Waals surface area contributed by atoms with Gasteiger partial charge in [-0.15, -0.1) is 0 Å². The zero-order valence-corrected chi connectivity index (χ0v) is 43.3. The van der Waals surface area contributed by atoms with Gasteiger partial charge < -0.3 is 14.2 Å². The maximum atomic E-state index is 12.8. The number of allylic oxidation sites excluding steroid dienone is 2. The molecule has 0 aromatic carbocycles. The van der Waals surface area contributed by atoms with E-state index in [0.29, 0.717) is 19.3 Å². The van der Waals surface area contributed by atoms with Crippen molar-refractivity contribution < 1.29 is 28.6 Å². The molecular weight excluding hydrogens is 793 g/mol. The van der Waals surface area contributed by atoms with E-state index in [9.17, 15) is 14.4 Å². The van der Waals surface area contributed by atoms with E-state index in [0.717, 1.165) is 70.6 Å². The van der Waals surface area contributed by atoms with E-state index in [1.807, 2.05) is 0 Å². The lowest BCUT2D eigenvalue weighted by Crippen LogP contribution is -2.30. The molecular formula is C58H110O6. The smallest absolute Gasteiger partial charge is 0.306 e. The number of rotatable bonds is 53. The van der Waals surface area contributed by atoms with E-state index in [4.69, 9.17) is 14.2 Å². The lowest BCUT2D eigenvalue weighted by Gasteiger charge is -2.18. The molecule has 0 aliphatic carbocycles. The Morgan fingerprint density at radius 3 is 0.844 bits per heavy atom. The monoisotopic (exact) mass is 903 g/mol. The number of carbonyl (C=O) groups is 3. The first-order chi connectivity index (χ1) is 31.5. The molecule has 0 N–H and O–H groups in total. The summed E-state index contributed by atoms with van der Waals surface area (Å²) < 4.78 is 16.8. The Hall–Kier alpha value is -1.85. The van der Waals surface area contributed by atoms with E-state index in [1.165, 1.54) is 212 Å². The number of ether oxygens (including phenoxy) is 3. The van der Waals surface area contributed by atoms with Gasteiger partial charge >= 0.3 is 17.9 Å². The van der Waals surface area contributed by atoms with Gasteiger partial charge in [-0.2, -0.15) is 0 Å². The fourth-order valence-electron chi connectivity index (χ4n) is 8.68. The summed E-state index contributed by atoms with van der Waals surface area (Å²) in [5.74, 6) is -0.855. The third kappa shape index (κ3) is 51.1. The average Bonchev–Trinajstić information content (AvgIpc) is 3.29. The van der Waals surface area contributed by atoms with Gasteiger partial charge in [0.25, 0.3) is 0 Å². The maximum absolute atomic E-state index is 12.8. The first kappa shape index (κ1) is 62.1. The summed E-state index contributed by atoms with van der Waals surface area (Å²) in [5.41, 5.74) is 0. The summed E-state index contributed by atoms with van der Waals surface area (Å²) >= 11 is 0. The van der Waals surface area contributed by atoms with Gasteiger partial charge in [-0.3, -0.25) is 14.4 Å². The second-order valence-corrected chi connectivity index (χ2v) is 19.6. The summed E-state index contributed by atoms with van der Waals surface area (Å²) in [4.78, 5) is 38.0. The van der Waals surface area contributed by atoms with Crippen molar-refractivity contribution in [1.82, 2.24) is 0 Å². The van der Waals surface area contributed by atoms with Crippen LogP contribution >= 0.6 is 0 Å². The highest BCUT2D eigenvalue weighted by Gasteiger charge is 2.19. The predicted molar refractivity (Wildman–Crippen MR) is 275 cm³/mol. The Balaban J connectivity index is 4.24. The molecule has 378 valence electrons. The van der Waals surface area contributed by atoms with Gasteiger partial charge in [-0.1, -0.05) is 277 Å². The molecule has 0 bridgehead atoms. The van der Waals surface area contributed by atoms with Gasteiger partial charge in [-0.05, 0) is 38.5 Å². The summed E-state index contributed by atoms with van der Waals surface area (Å²) in [7, 11) is 0. The molecule has 6 heteroatoms. The molecule has 64 heavy (non-hydrogen) atoms. The van der Waals surface area contributed by atoms with Crippen molar-refractivity contribution >= 4 is 17.9 Å². The fourth-order valence-corrected chi connectivity index (χ4v) is 8.68. The van der Waals surface area contributed by atoms with Crippen LogP contribution in [0.1, 0.15) is 323 Å². The Labute approximate surface area is 399 Å². The first-order valence-corrected chi connectivity index (χ1v) is 28.7. The van der Waals surface area contributed by atoms with Crippen molar-refractivity contribution in [2.24, 2.45) is 0 Å². The fraction of sp³-hybridized carbons (Fsp3) is 0.914. The van der Waals surface area contributed by atoms with Crippen molar-refractivity contribution in [3.63, 3.8) is 0 Å². The van der Waals surface area contributed by atoms with Crippen molar-refractivity contribution in [2.45, 2.75) is 329 Å². The highest BCUT2D eigenvalue weighted by molar-refractivity contribution is 5.71. The second-order valence-electron chi connectivity index (χ2n) is 19.6. The SMILES string of the molecule is CCC/C=C\CCCCCCCC(=O)OCC(COC(=O)CCCCCCCCCCCCCCCCCCCC)OC(=O)CCCCCCCCCCCCCCCCCCCC. The van der Waals surface area contributed by atoms with Gasteiger partial charge in [0.2, 0.25) is 0 Å². The molecule has 6 nitrogen and oxygen atoms in total. The van der Waals surface area contributed by atoms with Gasteiger partial charge in [-0.25, -0.2) is 0 Å². The predicted octanol–water partition coefficient (Wildman–Crippen LogP) is 18.9. The topological polar surface area (TPSA) is 78.9 Å². The van der Waals surface area contributed by atoms with Crippen molar-refractivity contribution in [3.05, 3.63) is 12.2 Å². The molecule has 0 aliphatic heterocycles. The molecule has 1 atom stereocenters. The van der Waals surface area contributed by atoms with Crippen LogP contribution in [0.25, 0.3) is 0 Å². The molecule has 0 rings (SSSR count). The molecule has 0 saturated carbocycles. The Morgan fingerprint density at radius 1 is 0.297 bits per heavy atom. The molecule has 0 spiro atoms. The number of carbonyl (C=O) groups excluding carboxylic acids is 3. The van der Waals surface area contributed by atoms with E-state index in [2.05, 4.69) is 32.9 Å². The molecule has 0 radical (unpaired) electrons. The molecule has 0 saturated heterocycles. The Bertz CT molecular complexity index is 993. The molecule has 0 amide bonds. The quantitative estimate of drug-likeness (QED) is 0.0262. The van der Waals surface area contributed by atoms with E-state index in [-0.39, 0.29) is 31.1 Å². The third-order valence-electron chi connectivity index (χ3n) is 13.0. The van der Waals surface area contributed by atoms with E-state index < -0.39 is 6.10 Å². The number of hydrogen-bond donors (Lipinski definition) is 0. The van der Waals surface area contributed by atoms with Crippen molar-refractivity contribution in [1.29, 1.82) is 0 Å². The molecule has 0 heterocycles. The van der Waals surface area contributed by atoms with Crippen LogP contribution in [-0.4, -0.2) is 37.2 Å². The van der Waals surface area contributed by atoms with Gasteiger partial charge in [0.1, 0.15) is 13.2 Å². The summed E-state index contributed by atoms with van der Waals surface area (Å²) in [5, 5.41) is 0. The van der Waals surface area contributed by atoms with Gasteiger partial charge in [0.05, 0.1) is 0 Å². The highest BCUT2D eigenvalue weighted by atomic mass is 16.6. The summed E-state index contributed by atoms with van der Waals surface area (Å²) in [6.45, 7) is 6.63. The van der Waals surface area contributed by atoms with Crippen LogP contribution in [-0.2, 0) is 28.6 Å². The second kappa shape index (κ2) is 53.8. The maximum Gasteiger partial charge on any atom is 0.306 e. The van der Waals surface area contributed by atoms with Gasteiger partial charge in [0.15, 0.2) is 6.10 Å². The molecule has 1 unspecified atom stereocenters. The Kier molecular flexibility index (Phi) is 52.2. The van der Waals surface area contributed by atoms with Crippen LogP contribution in [0.4, 0.5) is 0 Å². The third-order valence-corrected chi connectivity index (χ3v) is 13.0. The van der Waals surface area contributed by atoms with Crippen LogP contribution in [0, 0.1) is 0 Å². The minimum atomic E-state index is -0.767. The Morgan fingerprint density at radius 2 is 0.547 bits per heavy atom. The highest BCUT2D eigenvalue weighted by Crippen LogP contribution is 2.17. The number of unbranched alkanes of at least 4 members (excludes halogenated alkanes) is 40. The largest absolute Gasteiger partial charge is 0.462 e. The van der Waals surface area contributed by atoms with Crippen molar-refractivity contribution in [3.8, 4) is 0 Å². The molecule has 0 aromatic rings. The van der Waals surface area contributed by atoms with E-state index >= 15 is 0 Å². The van der Waals surface area contributed by atoms with Crippen molar-refractivity contribution in [2.75, 3.05) is 13.2 Å². The lowest BCUT2D eigenvalue weighted by atomic mass is 10.0. The average molecular weight is 904 g/mol. The van der Waals surface area contributed by atoms with Crippen LogP contribution < -0.4 is 0 Å². The first-order valence-electron chi connectivity index (χ1n) is 28.7. The molecule has 0 aliphatic rings. The van der Waals surface area contributed by atoms with Crippen LogP contribution in [0.3, 0.4) is 0 Å². The summed E-state index contributed by atoms with van der Waals surface area (Å²) in [6, 6.07) is 0. The summed E-state index contributed by atoms with van der Waals surface area (Å²) in [6.07, 6.45) is 60.7. The van der Waals surface area contributed by atoms with Crippen LogP contribution in [0.5, 0.6) is 0 Å². The zero-order valence-electron chi connectivity index (χ0n) is 43.3.